The molecule has 0 bridgehead atoms. The molecule has 0 spiro atoms. The van der Waals surface area contributed by atoms with Gasteiger partial charge in [-0.05, 0) is 7.05 Å². The third kappa shape index (κ3) is 2.03. The molecule has 12 heavy (non-hydrogen) atoms. The van der Waals surface area contributed by atoms with E-state index in [1.165, 1.54) is 0 Å². The molecule has 1 unspecified atom stereocenters. The minimum Gasteiger partial charge on any atom is -0.394 e. The van der Waals surface area contributed by atoms with E-state index >= 15 is 0 Å². The Hall–Kier alpha value is -0.450. The van der Waals surface area contributed by atoms with Crippen molar-refractivity contribution in [2.24, 2.45) is 0 Å². The lowest BCUT2D eigenvalue weighted by Gasteiger charge is -2.25. The van der Waals surface area contributed by atoms with Gasteiger partial charge in [0.1, 0.15) is 0 Å². The Kier molecular flexibility index (Phi) is 3.65. The Morgan fingerprint density at radius 3 is 3.17 bits per heavy atom. The summed E-state index contributed by atoms with van der Waals surface area (Å²) >= 11 is 5.17. The molecule has 0 amide bonds. The molecule has 68 valence electrons. The van der Waals surface area contributed by atoms with E-state index in [1.54, 1.807) is 0 Å². The van der Waals surface area contributed by atoms with Gasteiger partial charge in [0.05, 0.1) is 17.6 Å². The zero-order valence-corrected chi connectivity index (χ0v) is 7.97. The Bertz CT molecular complexity index is 193. The van der Waals surface area contributed by atoms with Crippen LogP contribution in [0.3, 0.4) is 0 Å². The monoisotopic (exact) mass is 186 g/mol. The highest BCUT2D eigenvalue weighted by Crippen LogP contribution is 2.09. The molecule has 1 aliphatic heterocycles. The van der Waals surface area contributed by atoms with Crippen LogP contribution in [0, 0.1) is 0 Å². The van der Waals surface area contributed by atoms with Crippen LogP contribution in [0.25, 0.3) is 0 Å². The molecule has 0 aromatic carbocycles. The van der Waals surface area contributed by atoms with Gasteiger partial charge < -0.3 is 15.3 Å². The van der Waals surface area contributed by atoms with Crippen LogP contribution in [-0.2, 0) is 0 Å². The van der Waals surface area contributed by atoms with Gasteiger partial charge in [0.25, 0.3) is 0 Å². The molecule has 0 aromatic heterocycles. The normalized spacial score (nSPS) is 21.8. The van der Waals surface area contributed by atoms with Crippen molar-refractivity contribution in [2.75, 3.05) is 26.7 Å². The van der Waals surface area contributed by atoms with Crippen LogP contribution in [0.4, 0.5) is 0 Å². The maximum absolute atomic E-state index is 8.98. The quantitative estimate of drug-likeness (QED) is 0.471. The van der Waals surface area contributed by atoms with Crippen molar-refractivity contribution in [2.45, 2.75) is 6.04 Å². The van der Waals surface area contributed by atoms with E-state index in [-0.39, 0.29) is 12.6 Å². The van der Waals surface area contributed by atoms with Crippen LogP contribution < -0.4 is 5.32 Å². The first-order valence-corrected chi connectivity index (χ1v) is 4.42. The summed E-state index contributed by atoms with van der Waals surface area (Å²) in [6.07, 6.45) is 4.02. The SMILES string of the molecule is CNCC(=S)N1CC=CC1CO. The number of nitrogens with zero attached hydrogens (tertiary/aromatic N) is 1. The summed E-state index contributed by atoms with van der Waals surface area (Å²) in [7, 11) is 1.86. The minimum atomic E-state index is 0.0887. The molecule has 1 rings (SSSR count). The van der Waals surface area contributed by atoms with Gasteiger partial charge in [0.2, 0.25) is 0 Å². The fraction of sp³-hybridized carbons (Fsp3) is 0.625. The van der Waals surface area contributed by atoms with Crippen molar-refractivity contribution < 1.29 is 5.11 Å². The summed E-state index contributed by atoms with van der Waals surface area (Å²) in [6, 6.07) is 0.0887. The first-order valence-electron chi connectivity index (χ1n) is 4.01. The molecule has 2 N–H and O–H groups in total. The van der Waals surface area contributed by atoms with Crippen molar-refractivity contribution in [1.29, 1.82) is 0 Å². The summed E-state index contributed by atoms with van der Waals surface area (Å²) in [6.45, 7) is 1.67. The highest BCUT2D eigenvalue weighted by atomic mass is 32.1. The topological polar surface area (TPSA) is 35.5 Å². The van der Waals surface area contributed by atoms with Crippen LogP contribution in [0.15, 0.2) is 12.2 Å². The van der Waals surface area contributed by atoms with Gasteiger partial charge in [-0.15, -0.1) is 0 Å². The van der Waals surface area contributed by atoms with E-state index < -0.39 is 0 Å². The Morgan fingerprint density at radius 1 is 1.83 bits per heavy atom. The first kappa shape index (κ1) is 9.64. The molecule has 0 saturated heterocycles. The maximum atomic E-state index is 8.98. The van der Waals surface area contributed by atoms with Gasteiger partial charge in [0.15, 0.2) is 0 Å². The van der Waals surface area contributed by atoms with Crippen LogP contribution in [0.5, 0.6) is 0 Å². The number of hydrogen-bond donors (Lipinski definition) is 2. The maximum Gasteiger partial charge on any atom is 0.0928 e. The van der Waals surface area contributed by atoms with Gasteiger partial charge in [0, 0.05) is 13.1 Å². The number of aliphatic hydroxyl groups is 1. The summed E-state index contributed by atoms with van der Waals surface area (Å²) in [5.74, 6) is 0. The fourth-order valence-corrected chi connectivity index (χ4v) is 1.62. The fourth-order valence-electron chi connectivity index (χ4n) is 1.27. The van der Waals surface area contributed by atoms with Crippen molar-refractivity contribution >= 4 is 17.2 Å². The van der Waals surface area contributed by atoms with Crippen molar-refractivity contribution in [3.63, 3.8) is 0 Å². The number of aliphatic hydroxyl groups excluding tert-OH is 1. The molecule has 3 nitrogen and oxygen atoms in total. The van der Waals surface area contributed by atoms with Crippen LogP contribution in [0.1, 0.15) is 0 Å². The summed E-state index contributed by atoms with van der Waals surface area (Å²) < 4.78 is 0. The van der Waals surface area contributed by atoms with Gasteiger partial charge in [-0.2, -0.15) is 0 Å². The highest BCUT2D eigenvalue weighted by Gasteiger charge is 2.20. The second-order valence-electron chi connectivity index (χ2n) is 2.75. The number of hydrogen-bond acceptors (Lipinski definition) is 3. The molecule has 0 saturated carbocycles. The number of thiocarbonyl (C=S) groups is 1. The minimum absolute atomic E-state index is 0.0887. The van der Waals surface area contributed by atoms with Gasteiger partial charge in [-0.1, -0.05) is 24.4 Å². The van der Waals surface area contributed by atoms with Gasteiger partial charge >= 0.3 is 0 Å². The van der Waals surface area contributed by atoms with Crippen molar-refractivity contribution in [3.05, 3.63) is 12.2 Å². The second kappa shape index (κ2) is 4.54. The molecule has 1 aliphatic rings. The molecular formula is C8H14N2OS. The third-order valence-corrected chi connectivity index (χ3v) is 2.27. The summed E-state index contributed by atoms with van der Waals surface area (Å²) in [5, 5.41) is 12.0. The summed E-state index contributed by atoms with van der Waals surface area (Å²) in [5.41, 5.74) is 0. The van der Waals surface area contributed by atoms with Crippen LogP contribution >= 0.6 is 12.2 Å². The standard InChI is InChI=1S/C8H14N2OS/c1-9-5-8(12)10-4-2-3-7(10)6-11/h2-3,7,9,11H,4-6H2,1H3. The van der Waals surface area contributed by atoms with Crippen LogP contribution in [0.2, 0.25) is 0 Å². The number of likely N-dealkylation sites (N-methyl/N-ethyl adjacent to an activating group) is 1. The highest BCUT2D eigenvalue weighted by molar-refractivity contribution is 7.80. The van der Waals surface area contributed by atoms with Crippen molar-refractivity contribution in [3.8, 4) is 0 Å². The predicted octanol–water partition coefficient (Wildman–Crippen LogP) is -0.234. The van der Waals surface area contributed by atoms with E-state index in [9.17, 15) is 0 Å². The smallest absolute Gasteiger partial charge is 0.0928 e. The lowest BCUT2D eigenvalue weighted by molar-refractivity contribution is 0.226. The Labute approximate surface area is 78.1 Å². The second-order valence-corrected chi connectivity index (χ2v) is 3.23. The van der Waals surface area contributed by atoms with Crippen LogP contribution in [-0.4, -0.2) is 47.8 Å². The Balaban J connectivity index is 2.46. The first-order chi connectivity index (χ1) is 5.79. The predicted molar refractivity (Wildman–Crippen MR) is 53.2 cm³/mol. The van der Waals surface area contributed by atoms with Gasteiger partial charge in [-0.3, -0.25) is 0 Å². The lowest BCUT2D eigenvalue weighted by Crippen LogP contribution is -2.41. The molecule has 1 heterocycles. The van der Waals surface area contributed by atoms with Gasteiger partial charge in [-0.25, -0.2) is 0 Å². The molecular weight excluding hydrogens is 172 g/mol. The molecule has 0 fully saturated rings. The van der Waals surface area contributed by atoms with E-state index in [0.717, 1.165) is 11.5 Å². The molecule has 0 aliphatic carbocycles. The zero-order valence-electron chi connectivity index (χ0n) is 7.16. The third-order valence-electron chi connectivity index (χ3n) is 1.90. The molecule has 1 atom stereocenters. The number of nitrogens with one attached hydrogen (secondary N) is 1. The Morgan fingerprint density at radius 2 is 2.58 bits per heavy atom. The van der Waals surface area contributed by atoms with E-state index in [4.69, 9.17) is 17.3 Å². The zero-order chi connectivity index (χ0) is 8.97. The largest absolute Gasteiger partial charge is 0.394 e. The van der Waals surface area contributed by atoms with Crippen molar-refractivity contribution in [1.82, 2.24) is 10.2 Å². The van der Waals surface area contributed by atoms with E-state index in [1.807, 2.05) is 24.1 Å². The molecule has 4 heteroatoms. The summed E-state index contributed by atoms with van der Waals surface area (Å²) in [4.78, 5) is 2.88. The lowest BCUT2D eigenvalue weighted by atomic mass is 10.3. The van der Waals surface area contributed by atoms with E-state index in [2.05, 4.69) is 5.32 Å². The molecule has 0 aromatic rings. The average Bonchev–Trinajstić information content (AvgIpc) is 2.51. The molecule has 0 radical (unpaired) electrons. The average molecular weight is 186 g/mol. The van der Waals surface area contributed by atoms with E-state index in [0.29, 0.717) is 6.54 Å². The number of rotatable bonds is 3.